The van der Waals surface area contributed by atoms with Crippen LogP contribution in [-0.2, 0) is 9.59 Å². The standard InChI is InChI=1S/C23H20N4O3/c24-23(25)27-18-11-7-10-17(14-18)20(16-8-3-1-4-9-16)21(26-15-28)22(29)30-19-12-5-2-6-13-19/h1-15H,(H,26,28)(H4,24,25,27). The predicted octanol–water partition coefficient (Wildman–Crippen LogP) is 2.70. The van der Waals surface area contributed by atoms with Gasteiger partial charge in [-0.05, 0) is 35.4 Å². The summed E-state index contributed by atoms with van der Waals surface area (Å²) in [5.74, 6) is -0.444. The zero-order chi connectivity index (χ0) is 21.3. The lowest BCUT2D eigenvalue weighted by molar-refractivity contribution is -0.131. The molecule has 30 heavy (non-hydrogen) atoms. The Hall–Kier alpha value is -4.39. The number of benzene rings is 3. The van der Waals surface area contributed by atoms with Crippen LogP contribution in [0.5, 0.6) is 5.75 Å². The molecule has 0 saturated carbocycles. The van der Waals surface area contributed by atoms with Crippen LogP contribution in [0.4, 0.5) is 5.69 Å². The second-order valence-electron chi connectivity index (χ2n) is 6.17. The number of nitrogens with zero attached hydrogens (tertiary/aromatic N) is 1. The zero-order valence-electron chi connectivity index (χ0n) is 16.0. The maximum Gasteiger partial charge on any atom is 0.360 e. The molecule has 0 aliphatic rings. The summed E-state index contributed by atoms with van der Waals surface area (Å²) < 4.78 is 5.46. The monoisotopic (exact) mass is 400 g/mol. The SMILES string of the molecule is NC(N)=Nc1cccc(C(=C(NC=O)C(=O)Oc2ccccc2)c2ccccc2)c1. The molecule has 0 heterocycles. The molecule has 3 aromatic rings. The molecule has 0 saturated heterocycles. The van der Waals surface area contributed by atoms with E-state index in [2.05, 4.69) is 10.3 Å². The van der Waals surface area contributed by atoms with Crippen molar-refractivity contribution in [2.45, 2.75) is 0 Å². The fraction of sp³-hybridized carbons (Fsp3) is 0. The Morgan fingerprint density at radius 3 is 2.13 bits per heavy atom. The van der Waals surface area contributed by atoms with E-state index in [1.54, 1.807) is 48.5 Å². The number of amides is 1. The summed E-state index contributed by atoms with van der Waals surface area (Å²) in [6.45, 7) is 0. The summed E-state index contributed by atoms with van der Waals surface area (Å²) >= 11 is 0. The average Bonchev–Trinajstić information content (AvgIpc) is 2.75. The number of para-hydroxylation sites is 1. The summed E-state index contributed by atoms with van der Waals surface area (Å²) in [4.78, 5) is 28.4. The molecule has 150 valence electrons. The molecule has 0 aliphatic carbocycles. The molecular formula is C23H20N4O3. The molecule has 0 spiro atoms. The van der Waals surface area contributed by atoms with E-state index in [-0.39, 0.29) is 11.7 Å². The van der Waals surface area contributed by atoms with Gasteiger partial charge in [0.05, 0.1) is 5.69 Å². The predicted molar refractivity (Wildman–Crippen MR) is 116 cm³/mol. The average molecular weight is 400 g/mol. The minimum atomic E-state index is -0.709. The number of nitrogens with two attached hydrogens (primary N) is 2. The van der Waals surface area contributed by atoms with Crippen LogP contribution in [-0.4, -0.2) is 18.3 Å². The minimum absolute atomic E-state index is 0.0121. The molecule has 3 aromatic carbocycles. The largest absolute Gasteiger partial charge is 0.422 e. The summed E-state index contributed by atoms with van der Waals surface area (Å²) in [6.07, 6.45) is 0.435. The topological polar surface area (TPSA) is 120 Å². The molecule has 0 bridgehead atoms. The van der Waals surface area contributed by atoms with Gasteiger partial charge in [0.15, 0.2) is 5.96 Å². The summed E-state index contributed by atoms with van der Waals surface area (Å²) in [7, 11) is 0. The Kier molecular flexibility index (Phi) is 6.58. The lowest BCUT2D eigenvalue weighted by atomic mass is 9.95. The van der Waals surface area contributed by atoms with Crippen molar-refractivity contribution in [2.75, 3.05) is 0 Å². The van der Waals surface area contributed by atoms with E-state index in [1.165, 1.54) is 0 Å². The zero-order valence-corrected chi connectivity index (χ0v) is 16.0. The van der Waals surface area contributed by atoms with Gasteiger partial charge in [-0.2, -0.15) is 0 Å². The first-order chi connectivity index (χ1) is 14.6. The third-order valence-corrected chi connectivity index (χ3v) is 4.07. The van der Waals surface area contributed by atoms with E-state index < -0.39 is 5.97 Å². The highest BCUT2D eigenvalue weighted by Crippen LogP contribution is 2.29. The van der Waals surface area contributed by atoms with Crippen molar-refractivity contribution in [2.24, 2.45) is 16.5 Å². The van der Waals surface area contributed by atoms with Gasteiger partial charge in [-0.15, -0.1) is 0 Å². The molecule has 0 aliphatic heterocycles. The molecule has 1 amide bonds. The molecule has 5 N–H and O–H groups in total. The van der Waals surface area contributed by atoms with Crippen molar-refractivity contribution < 1.29 is 14.3 Å². The molecule has 0 atom stereocenters. The third kappa shape index (κ3) is 5.11. The molecule has 0 radical (unpaired) electrons. The highest BCUT2D eigenvalue weighted by atomic mass is 16.5. The van der Waals surface area contributed by atoms with Crippen LogP contribution >= 0.6 is 0 Å². The molecule has 0 aromatic heterocycles. The number of carbonyl (C=O) groups is 2. The fourth-order valence-electron chi connectivity index (χ4n) is 2.88. The second kappa shape index (κ2) is 9.70. The van der Waals surface area contributed by atoms with E-state index in [0.717, 1.165) is 0 Å². The normalized spacial score (nSPS) is 11.1. The van der Waals surface area contributed by atoms with Gasteiger partial charge in [0.1, 0.15) is 11.4 Å². The quantitative estimate of drug-likeness (QED) is 0.141. The van der Waals surface area contributed by atoms with Crippen LogP contribution in [0.1, 0.15) is 11.1 Å². The molecule has 3 rings (SSSR count). The first-order valence-electron chi connectivity index (χ1n) is 9.05. The van der Waals surface area contributed by atoms with E-state index in [9.17, 15) is 9.59 Å². The first kappa shape index (κ1) is 20.3. The van der Waals surface area contributed by atoms with Crippen LogP contribution in [0.2, 0.25) is 0 Å². The summed E-state index contributed by atoms with van der Waals surface area (Å²) in [5, 5.41) is 2.50. The number of carbonyl (C=O) groups excluding carboxylic acids is 2. The van der Waals surface area contributed by atoms with Gasteiger partial charge in [-0.1, -0.05) is 60.7 Å². The van der Waals surface area contributed by atoms with Gasteiger partial charge >= 0.3 is 5.97 Å². The Balaban J connectivity index is 2.17. The lowest BCUT2D eigenvalue weighted by Gasteiger charge is -2.15. The Bertz CT molecular complexity index is 1090. The Morgan fingerprint density at radius 1 is 0.867 bits per heavy atom. The van der Waals surface area contributed by atoms with Gasteiger partial charge in [-0.25, -0.2) is 9.79 Å². The van der Waals surface area contributed by atoms with E-state index >= 15 is 0 Å². The van der Waals surface area contributed by atoms with E-state index in [4.69, 9.17) is 16.2 Å². The van der Waals surface area contributed by atoms with Crippen LogP contribution in [0, 0.1) is 0 Å². The van der Waals surface area contributed by atoms with Crippen molar-refractivity contribution >= 4 is 29.6 Å². The van der Waals surface area contributed by atoms with Gasteiger partial charge < -0.3 is 21.5 Å². The van der Waals surface area contributed by atoms with Gasteiger partial charge in [0.25, 0.3) is 0 Å². The first-order valence-corrected chi connectivity index (χ1v) is 9.05. The molecular weight excluding hydrogens is 380 g/mol. The van der Waals surface area contributed by atoms with Crippen LogP contribution in [0.15, 0.2) is 95.6 Å². The number of guanidine groups is 1. The smallest absolute Gasteiger partial charge is 0.360 e. The summed E-state index contributed by atoms with van der Waals surface area (Å²) in [5.41, 5.74) is 13.3. The fourth-order valence-corrected chi connectivity index (χ4v) is 2.88. The van der Waals surface area contributed by atoms with Gasteiger partial charge in [0.2, 0.25) is 6.41 Å². The highest BCUT2D eigenvalue weighted by molar-refractivity contribution is 6.03. The van der Waals surface area contributed by atoms with Crippen molar-refractivity contribution in [1.29, 1.82) is 0 Å². The number of aliphatic imine (C=N–C) groups is 1. The van der Waals surface area contributed by atoms with Crippen LogP contribution in [0.25, 0.3) is 5.57 Å². The van der Waals surface area contributed by atoms with Crippen molar-refractivity contribution in [1.82, 2.24) is 5.32 Å². The Labute approximate surface area is 173 Å². The number of hydrogen-bond donors (Lipinski definition) is 3. The summed E-state index contributed by atoms with van der Waals surface area (Å²) in [6, 6.07) is 24.7. The maximum absolute atomic E-state index is 13.0. The van der Waals surface area contributed by atoms with Crippen molar-refractivity contribution in [3.05, 3.63) is 102 Å². The number of esters is 1. The van der Waals surface area contributed by atoms with Crippen molar-refractivity contribution in [3.63, 3.8) is 0 Å². The number of hydrogen-bond acceptors (Lipinski definition) is 4. The van der Waals surface area contributed by atoms with Crippen LogP contribution < -0.4 is 21.5 Å². The van der Waals surface area contributed by atoms with E-state index in [0.29, 0.717) is 34.5 Å². The molecule has 7 nitrogen and oxygen atoms in total. The van der Waals surface area contributed by atoms with E-state index in [1.807, 2.05) is 36.4 Å². The van der Waals surface area contributed by atoms with Crippen LogP contribution in [0.3, 0.4) is 0 Å². The molecule has 7 heteroatoms. The van der Waals surface area contributed by atoms with Gasteiger partial charge in [0, 0.05) is 5.57 Å². The Morgan fingerprint density at radius 2 is 1.50 bits per heavy atom. The minimum Gasteiger partial charge on any atom is -0.422 e. The molecule has 0 unspecified atom stereocenters. The highest BCUT2D eigenvalue weighted by Gasteiger charge is 2.21. The number of nitrogens with one attached hydrogen (secondary N) is 1. The lowest BCUT2D eigenvalue weighted by Crippen LogP contribution is -2.25. The second-order valence-corrected chi connectivity index (χ2v) is 6.17. The number of ether oxygens (including phenoxy) is 1. The number of rotatable bonds is 7. The van der Waals surface area contributed by atoms with Gasteiger partial charge in [-0.3, -0.25) is 4.79 Å². The molecule has 0 fully saturated rings. The maximum atomic E-state index is 13.0. The third-order valence-electron chi connectivity index (χ3n) is 4.07. The van der Waals surface area contributed by atoms with Crippen molar-refractivity contribution in [3.8, 4) is 5.75 Å².